The summed E-state index contributed by atoms with van der Waals surface area (Å²) in [6.45, 7) is 0. The molecule has 1 saturated heterocycles. The highest BCUT2D eigenvalue weighted by molar-refractivity contribution is 8.00. The zero-order chi connectivity index (χ0) is 15.9. The zero-order valence-corrected chi connectivity index (χ0v) is 13.7. The highest BCUT2D eigenvalue weighted by Gasteiger charge is 2.37. The first-order valence-corrected chi connectivity index (χ1v) is 9.51. The van der Waals surface area contributed by atoms with Crippen molar-refractivity contribution in [2.75, 3.05) is 19.1 Å². The number of carbonyl (C=O) groups excluding carboxylic acids is 1. The Morgan fingerprint density at radius 3 is 2.81 bits per heavy atom. The molecule has 0 saturated carbocycles. The Morgan fingerprint density at radius 1 is 1.52 bits per heavy atom. The average Bonchev–Trinajstić information content (AvgIpc) is 2.75. The van der Waals surface area contributed by atoms with E-state index in [1.165, 1.54) is 7.11 Å². The lowest BCUT2D eigenvalue weighted by Crippen LogP contribution is -2.42. The van der Waals surface area contributed by atoms with E-state index < -0.39 is 16.1 Å². The monoisotopic (exact) mass is 336 g/mol. The van der Waals surface area contributed by atoms with Gasteiger partial charge in [-0.1, -0.05) is 11.5 Å². The van der Waals surface area contributed by atoms with Crippen molar-refractivity contribution in [3.63, 3.8) is 0 Å². The van der Waals surface area contributed by atoms with Crippen molar-refractivity contribution in [1.82, 2.24) is 4.72 Å². The molecule has 1 aliphatic rings. The first-order valence-electron chi connectivity index (χ1n) is 6.57. The summed E-state index contributed by atoms with van der Waals surface area (Å²) in [7, 11) is -1.97. The van der Waals surface area contributed by atoms with Gasteiger partial charge in [0, 0.05) is 28.4 Å². The maximum absolute atomic E-state index is 11.3. The molecular weight excluding hydrogens is 316 g/mol. The number of methoxy groups -OCH3 is 1. The normalized spacial score (nSPS) is 25.3. The standard InChI is InChI=1S/C11H20N4O4S2/c1-19-10(16)6-4-3-5-9-11(13-15-12)8(7-20-9)14-21(2,17)18/h8-9,11,14H,3-7H2,1-2H3/t8-,9-,11+/m1/s1. The number of thioether (sulfide) groups is 1. The number of carbonyl (C=O) groups is 1. The van der Waals surface area contributed by atoms with Gasteiger partial charge in [-0.15, -0.1) is 0 Å². The van der Waals surface area contributed by atoms with Gasteiger partial charge in [0.15, 0.2) is 0 Å². The van der Waals surface area contributed by atoms with E-state index in [9.17, 15) is 13.2 Å². The van der Waals surface area contributed by atoms with Crippen molar-refractivity contribution in [2.24, 2.45) is 5.11 Å². The summed E-state index contributed by atoms with van der Waals surface area (Å²) in [4.78, 5) is 13.8. The van der Waals surface area contributed by atoms with E-state index >= 15 is 0 Å². The van der Waals surface area contributed by atoms with E-state index in [0.717, 1.165) is 19.1 Å². The van der Waals surface area contributed by atoms with Crippen LogP contribution in [0.5, 0.6) is 0 Å². The predicted octanol–water partition coefficient (Wildman–Crippen LogP) is 1.43. The van der Waals surface area contributed by atoms with Gasteiger partial charge in [-0.3, -0.25) is 4.79 Å². The minimum atomic E-state index is -3.33. The topological polar surface area (TPSA) is 121 Å². The lowest BCUT2D eigenvalue weighted by Gasteiger charge is -2.19. The van der Waals surface area contributed by atoms with Crippen LogP contribution in [-0.4, -0.2) is 50.8 Å². The molecule has 1 rings (SSSR count). The number of unbranched alkanes of at least 4 members (excludes halogenated alkanes) is 1. The Morgan fingerprint density at radius 2 is 2.24 bits per heavy atom. The van der Waals surface area contributed by atoms with Gasteiger partial charge in [0.1, 0.15) is 0 Å². The lowest BCUT2D eigenvalue weighted by molar-refractivity contribution is -0.140. The average molecular weight is 336 g/mol. The molecule has 120 valence electrons. The molecule has 0 radical (unpaired) electrons. The molecule has 1 fully saturated rings. The van der Waals surface area contributed by atoms with Crippen LogP contribution in [0.3, 0.4) is 0 Å². The van der Waals surface area contributed by atoms with E-state index in [-0.39, 0.29) is 17.3 Å². The second kappa shape index (κ2) is 8.47. The number of hydrogen-bond donors (Lipinski definition) is 1. The van der Waals surface area contributed by atoms with Crippen molar-refractivity contribution in [3.05, 3.63) is 10.4 Å². The summed E-state index contributed by atoms with van der Waals surface area (Å²) in [5.41, 5.74) is 8.65. The molecule has 0 amide bonds. The highest BCUT2D eigenvalue weighted by atomic mass is 32.2. The second-order valence-corrected chi connectivity index (χ2v) is 7.94. The van der Waals surface area contributed by atoms with Crippen molar-refractivity contribution in [2.45, 2.75) is 43.0 Å². The summed E-state index contributed by atoms with van der Waals surface area (Å²) < 4.78 is 29.7. The highest BCUT2D eigenvalue weighted by Crippen LogP contribution is 2.33. The van der Waals surface area contributed by atoms with Gasteiger partial charge in [0.2, 0.25) is 10.0 Å². The smallest absolute Gasteiger partial charge is 0.305 e. The fourth-order valence-corrected chi connectivity index (χ4v) is 4.64. The number of rotatable bonds is 8. The van der Waals surface area contributed by atoms with Gasteiger partial charge in [-0.25, -0.2) is 13.1 Å². The number of nitrogens with one attached hydrogen (secondary N) is 1. The number of azide groups is 1. The molecular formula is C11H20N4O4S2. The molecule has 1 aliphatic heterocycles. The molecule has 3 atom stereocenters. The van der Waals surface area contributed by atoms with Crippen LogP contribution in [0.4, 0.5) is 0 Å². The fraction of sp³-hybridized carbons (Fsp3) is 0.909. The molecule has 0 unspecified atom stereocenters. The quantitative estimate of drug-likeness (QED) is 0.236. The van der Waals surface area contributed by atoms with Crippen LogP contribution in [-0.2, 0) is 19.6 Å². The molecule has 8 nitrogen and oxygen atoms in total. The van der Waals surface area contributed by atoms with Crippen LogP contribution in [0, 0.1) is 0 Å². The Balaban J connectivity index is 2.50. The van der Waals surface area contributed by atoms with Gasteiger partial charge in [-0.2, -0.15) is 11.8 Å². The number of ether oxygens (including phenoxy) is 1. The maximum Gasteiger partial charge on any atom is 0.305 e. The first-order chi connectivity index (χ1) is 9.87. The molecule has 0 aromatic carbocycles. The third-order valence-electron chi connectivity index (χ3n) is 3.18. The lowest BCUT2D eigenvalue weighted by atomic mass is 10.0. The van der Waals surface area contributed by atoms with E-state index in [4.69, 9.17) is 5.53 Å². The number of hydrogen-bond acceptors (Lipinski definition) is 6. The molecule has 0 aromatic rings. The summed E-state index contributed by atoms with van der Waals surface area (Å²) in [5.74, 6) is 0.343. The molecule has 0 aromatic heterocycles. The van der Waals surface area contributed by atoms with Crippen LogP contribution in [0.25, 0.3) is 10.4 Å². The molecule has 0 aliphatic carbocycles. The molecule has 10 heteroatoms. The van der Waals surface area contributed by atoms with Crippen molar-refractivity contribution >= 4 is 27.8 Å². The Kier molecular flexibility index (Phi) is 7.30. The van der Waals surface area contributed by atoms with E-state index in [1.807, 2.05) is 0 Å². The fourth-order valence-electron chi connectivity index (χ4n) is 2.25. The largest absolute Gasteiger partial charge is 0.469 e. The van der Waals surface area contributed by atoms with Gasteiger partial charge < -0.3 is 4.74 Å². The van der Waals surface area contributed by atoms with Gasteiger partial charge in [-0.05, 0) is 18.4 Å². The molecule has 21 heavy (non-hydrogen) atoms. The summed E-state index contributed by atoms with van der Waals surface area (Å²) in [5, 5.41) is 3.81. The first kappa shape index (κ1) is 18.1. The number of sulfonamides is 1. The summed E-state index contributed by atoms with van der Waals surface area (Å²) in [6, 6.07) is -0.764. The van der Waals surface area contributed by atoms with Crippen molar-refractivity contribution in [1.29, 1.82) is 0 Å². The Labute approximate surface area is 128 Å². The molecule has 1 heterocycles. The molecule has 0 spiro atoms. The number of esters is 1. The van der Waals surface area contributed by atoms with E-state index in [1.54, 1.807) is 11.8 Å². The zero-order valence-electron chi connectivity index (χ0n) is 12.1. The minimum absolute atomic E-state index is 0.0674. The summed E-state index contributed by atoms with van der Waals surface area (Å²) >= 11 is 1.60. The van der Waals surface area contributed by atoms with E-state index in [2.05, 4.69) is 19.5 Å². The van der Waals surface area contributed by atoms with Crippen molar-refractivity contribution in [3.8, 4) is 0 Å². The van der Waals surface area contributed by atoms with Gasteiger partial charge >= 0.3 is 5.97 Å². The third-order valence-corrected chi connectivity index (χ3v) is 5.41. The van der Waals surface area contributed by atoms with Gasteiger partial charge in [0.25, 0.3) is 0 Å². The van der Waals surface area contributed by atoms with Crippen LogP contribution < -0.4 is 4.72 Å². The minimum Gasteiger partial charge on any atom is -0.469 e. The second-order valence-electron chi connectivity index (χ2n) is 4.89. The molecule has 0 bridgehead atoms. The SMILES string of the molecule is COC(=O)CCCC[C@H]1SC[C@@H](NS(C)(=O)=O)[C@@H]1N=[N+]=[N-]. The van der Waals surface area contributed by atoms with Crippen LogP contribution in [0.15, 0.2) is 5.11 Å². The van der Waals surface area contributed by atoms with Crippen molar-refractivity contribution < 1.29 is 17.9 Å². The summed E-state index contributed by atoms with van der Waals surface area (Å²) in [6.07, 6.45) is 3.74. The Hall–Kier alpha value is -0.960. The molecule has 1 N–H and O–H groups in total. The van der Waals surface area contributed by atoms with E-state index in [0.29, 0.717) is 18.6 Å². The predicted molar refractivity (Wildman–Crippen MR) is 81.4 cm³/mol. The van der Waals surface area contributed by atoms with Crippen LogP contribution in [0.1, 0.15) is 25.7 Å². The number of nitrogens with zero attached hydrogens (tertiary/aromatic N) is 3. The Bertz CT molecular complexity index is 504. The van der Waals surface area contributed by atoms with Gasteiger partial charge in [0.05, 0.1) is 19.4 Å². The maximum atomic E-state index is 11.3. The van der Waals surface area contributed by atoms with Crippen LogP contribution >= 0.6 is 11.8 Å². The third kappa shape index (κ3) is 6.56. The van der Waals surface area contributed by atoms with Crippen LogP contribution in [0.2, 0.25) is 0 Å².